The van der Waals surface area contributed by atoms with Gasteiger partial charge in [-0.1, -0.05) is 18.2 Å². The molecule has 23 heavy (non-hydrogen) atoms. The standard InChI is InChI=1S/C16H19F3N2O2/c17-16(18,19)14-4-2-1-3-12(14)9-15(22)21-10-13(11-21)20-5-7-23-8-6-20/h1-4,13H,5-11H2. The molecule has 0 radical (unpaired) electrons. The number of nitrogens with zero attached hydrogens (tertiary/aromatic N) is 2. The van der Waals surface area contributed by atoms with Crippen molar-refractivity contribution in [3.63, 3.8) is 0 Å². The van der Waals surface area contributed by atoms with Gasteiger partial charge in [-0.3, -0.25) is 9.69 Å². The van der Waals surface area contributed by atoms with Gasteiger partial charge in [-0.05, 0) is 11.6 Å². The summed E-state index contributed by atoms with van der Waals surface area (Å²) in [4.78, 5) is 16.1. The van der Waals surface area contributed by atoms with E-state index >= 15 is 0 Å². The molecule has 0 saturated carbocycles. The van der Waals surface area contributed by atoms with Crippen molar-refractivity contribution >= 4 is 5.91 Å². The van der Waals surface area contributed by atoms with E-state index in [1.54, 1.807) is 4.90 Å². The third-order valence-electron chi connectivity index (χ3n) is 4.44. The predicted molar refractivity (Wildman–Crippen MR) is 77.9 cm³/mol. The zero-order valence-electron chi connectivity index (χ0n) is 12.7. The number of ether oxygens (including phenoxy) is 1. The number of hydrogen-bond acceptors (Lipinski definition) is 3. The Kier molecular flexibility index (Phi) is 4.59. The summed E-state index contributed by atoms with van der Waals surface area (Å²) in [6, 6.07) is 5.58. The van der Waals surface area contributed by atoms with Crippen LogP contribution in [0.5, 0.6) is 0 Å². The lowest BCUT2D eigenvalue weighted by Gasteiger charge is -2.46. The Morgan fingerprint density at radius 3 is 2.48 bits per heavy atom. The normalized spacial score (nSPS) is 20.4. The molecule has 1 aromatic carbocycles. The Morgan fingerprint density at radius 2 is 1.83 bits per heavy atom. The number of amides is 1. The summed E-state index contributed by atoms with van der Waals surface area (Å²) in [5.74, 6) is -0.244. The van der Waals surface area contributed by atoms with E-state index in [1.807, 2.05) is 0 Å². The number of rotatable bonds is 3. The quantitative estimate of drug-likeness (QED) is 0.848. The highest BCUT2D eigenvalue weighted by Gasteiger charge is 2.37. The largest absolute Gasteiger partial charge is 0.416 e. The maximum Gasteiger partial charge on any atom is 0.416 e. The maximum atomic E-state index is 13.0. The number of carbonyl (C=O) groups excluding carboxylic acids is 1. The summed E-state index contributed by atoms with van der Waals surface area (Å²) in [5.41, 5.74) is -0.682. The van der Waals surface area contributed by atoms with Gasteiger partial charge in [0.05, 0.1) is 25.2 Å². The van der Waals surface area contributed by atoms with Crippen molar-refractivity contribution in [2.75, 3.05) is 39.4 Å². The first-order chi connectivity index (χ1) is 10.9. The summed E-state index contributed by atoms with van der Waals surface area (Å²) < 4.78 is 44.2. The van der Waals surface area contributed by atoms with Crippen molar-refractivity contribution < 1.29 is 22.7 Å². The van der Waals surface area contributed by atoms with Crippen LogP contribution in [0.4, 0.5) is 13.2 Å². The number of morpholine rings is 1. The molecule has 0 aromatic heterocycles. The highest BCUT2D eigenvalue weighted by atomic mass is 19.4. The Labute approximate surface area is 132 Å². The van der Waals surface area contributed by atoms with Crippen LogP contribution in [0.2, 0.25) is 0 Å². The molecular formula is C16H19F3N2O2. The molecule has 2 aliphatic rings. The van der Waals surface area contributed by atoms with Crippen molar-refractivity contribution in [1.29, 1.82) is 0 Å². The van der Waals surface area contributed by atoms with Gasteiger partial charge in [0.2, 0.25) is 5.91 Å². The lowest BCUT2D eigenvalue weighted by Crippen LogP contribution is -2.63. The van der Waals surface area contributed by atoms with Crippen LogP contribution in [-0.4, -0.2) is 61.1 Å². The van der Waals surface area contributed by atoms with Gasteiger partial charge < -0.3 is 9.64 Å². The minimum Gasteiger partial charge on any atom is -0.379 e. The molecule has 126 valence electrons. The number of hydrogen-bond donors (Lipinski definition) is 0. The number of likely N-dealkylation sites (tertiary alicyclic amines) is 1. The van der Waals surface area contributed by atoms with Gasteiger partial charge in [0.15, 0.2) is 0 Å². The molecule has 0 bridgehead atoms. The topological polar surface area (TPSA) is 32.8 Å². The summed E-state index contributed by atoms with van der Waals surface area (Å²) >= 11 is 0. The Bertz CT molecular complexity index is 565. The van der Waals surface area contributed by atoms with Crippen LogP contribution in [0.25, 0.3) is 0 Å². The van der Waals surface area contributed by atoms with Gasteiger partial charge in [-0.25, -0.2) is 0 Å². The van der Waals surface area contributed by atoms with E-state index in [2.05, 4.69) is 4.90 Å². The smallest absolute Gasteiger partial charge is 0.379 e. The first kappa shape index (κ1) is 16.3. The average Bonchev–Trinajstić information content (AvgIpc) is 2.46. The fourth-order valence-corrected chi connectivity index (χ4v) is 3.06. The summed E-state index contributed by atoms with van der Waals surface area (Å²) in [6.45, 7) is 4.28. The monoisotopic (exact) mass is 328 g/mol. The van der Waals surface area contributed by atoms with Crippen LogP contribution in [0.3, 0.4) is 0 Å². The molecule has 0 aliphatic carbocycles. The van der Waals surface area contributed by atoms with Crippen LogP contribution in [0.1, 0.15) is 11.1 Å². The zero-order valence-corrected chi connectivity index (χ0v) is 12.7. The second-order valence-corrected chi connectivity index (χ2v) is 5.93. The van der Waals surface area contributed by atoms with E-state index in [4.69, 9.17) is 4.74 Å². The molecule has 7 heteroatoms. The Hall–Kier alpha value is -1.60. The van der Waals surface area contributed by atoms with Gasteiger partial charge in [-0.15, -0.1) is 0 Å². The minimum atomic E-state index is -4.43. The van der Waals surface area contributed by atoms with Crippen LogP contribution in [0.15, 0.2) is 24.3 Å². The SMILES string of the molecule is O=C(Cc1ccccc1C(F)(F)F)N1CC(N2CCOCC2)C1. The third-order valence-corrected chi connectivity index (χ3v) is 4.44. The second kappa shape index (κ2) is 6.49. The fraction of sp³-hybridized carbons (Fsp3) is 0.562. The van der Waals surface area contributed by atoms with Gasteiger partial charge in [0, 0.05) is 32.2 Å². The van der Waals surface area contributed by atoms with Crippen LogP contribution in [-0.2, 0) is 22.1 Å². The van der Waals surface area contributed by atoms with Crippen molar-refractivity contribution in [3.05, 3.63) is 35.4 Å². The first-order valence-corrected chi connectivity index (χ1v) is 7.70. The molecule has 0 spiro atoms. The molecule has 0 atom stereocenters. The van der Waals surface area contributed by atoms with Gasteiger partial charge in [0.1, 0.15) is 0 Å². The predicted octanol–water partition coefficient (Wildman–Crippen LogP) is 1.79. The number of alkyl halides is 3. The Balaban J connectivity index is 1.57. The van der Waals surface area contributed by atoms with Crippen molar-refractivity contribution in [1.82, 2.24) is 9.80 Å². The first-order valence-electron chi connectivity index (χ1n) is 7.70. The van der Waals surface area contributed by atoms with E-state index in [1.165, 1.54) is 18.2 Å². The zero-order chi connectivity index (χ0) is 16.4. The van der Waals surface area contributed by atoms with Gasteiger partial charge in [0.25, 0.3) is 0 Å². The second-order valence-electron chi connectivity index (χ2n) is 5.93. The summed E-state index contributed by atoms with van der Waals surface area (Å²) in [7, 11) is 0. The fourth-order valence-electron chi connectivity index (χ4n) is 3.06. The molecule has 0 unspecified atom stereocenters. The number of carbonyl (C=O) groups is 1. The molecule has 0 N–H and O–H groups in total. The highest BCUT2D eigenvalue weighted by Crippen LogP contribution is 2.32. The highest BCUT2D eigenvalue weighted by molar-refractivity contribution is 5.80. The molecule has 1 aromatic rings. The lowest BCUT2D eigenvalue weighted by atomic mass is 10.0. The van der Waals surface area contributed by atoms with Crippen LogP contribution >= 0.6 is 0 Å². The van der Waals surface area contributed by atoms with Crippen molar-refractivity contribution in [2.24, 2.45) is 0 Å². The third kappa shape index (κ3) is 3.67. The molecule has 3 rings (SSSR count). The van der Waals surface area contributed by atoms with Gasteiger partial charge >= 0.3 is 6.18 Å². The molecule has 2 fully saturated rings. The van der Waals surface area contributed by atoms with Crippen LogP contribution < -0.4 is 0 Å². The average molecular weight is 328 g/mol. The van der Waals surface area contributed by atoms with E-state index in [-0.39, 0.29) is 17.9 Å². The molecule has 4 nitrogen and oxygen atoms in total. The molecule has 2 heterocycles. The molecule has 2 aliphatic heterocycles. The molecular weight excluding hydrogens is 309 g/mol. The maximum absolute atomic E-state index is 13.0. The molecule has 1 amide bonds. The molecule has 2 saturated heterocycles. The Morgan fingerprint density at radius 1 is 1.17 bits per heavy atom. The minimum absolute atomic E-state index is 0.0415. The van der Waals surface area contributed by atoms with Crippen molar-refractivity contribution in [2.45, 2.75) is 18.6 Å². The van der Waals surface area contributed by atoms with Crippen molar-refractivity contribution in [3.8, 4) is 0 Å². The van der Waals surface area contributed by atoms with Gasteiger partial charge in [-0.2, -0.15) is 13.2 Å². The lowest BCUT2D eigenvalue weighted by molar-refractivity contribution is -0.141. The van der Waals surface area contributed by atoms with E-state index in [0.717, 1.165) is 19.2 Å². The van der Waals surface area contributed by atoms with E-state index < -0.39 is 11.7 Å². The number of halogens is 3. The van der Waals surface area contributed by atoms with E-state index in [0.29, 0.717) is 32.3 Å². The number of benzene rings is 1. The van der Waals surface area contributed by atoms with E-state index in [9.17, 15) is 18.0 Å². The summed E-state index contributed by atoms with van der Waals surface area (Å²) in [6.07, 6.45) is -4.63. The van der Waals surface area contributed by atoms with Crippen LogP contribution in [0, 0.1) is 0 Å². The summed E-state index contributed by atoms with van der Waals surface area (Å²) in [5, 5.41) is 0.